The second-order valence-corrected chi connectivity index (χ2v) is 6.36. The van der Waals surface area contributed by atoms with Crippen LogP contribution in [0.25, 0.3) is 0 Å². The van der Waals surface area contributed by atoms with Gasteiger partial charge in [0.25, 0.3) is 0 Å². The Hall–Kier alpha value is -1.19. The SMILES string of the molecule is CC(C)C1CC(=O)N(CCC(=O)C(C)(C)C)C1=O. The van der Waals surface area contributed by atoms with Gasteiger partial charge in [-0.3, -0.25) is 19.3 Å². The predicted molar refractivity (Wildman–Crippen MR) is 68.7 cm³/mol. The highest BCUT2D eigenvalue weighted by atomic mass is 16.2. The Labute approximate surface area is 109 Å². The summed E-state index contributed by atoms with van der Waals surface area (Å²) in [5.41, 5.74) is -0.413. The minimum Gasteiger partial charge on any atom is -0.299 e. The Bertz CT molecular complexity index is 366. The maximum atomic E-state index is 12.0. The van der Waals surface area contributed by atoms with E-state index in [4.69, 9.17) is 0 Å². The fourth-order valence-corrected chi connectivity index (χ4v) is 2.05. The number of nitrogens with zero attached hydrogens (tertiary/aromatic N) is 1. The summed E-state index contributed by atoms with van der Waals surface area (Å²) in [6.45, 7) is 9.66. The van der Waals surface area contributed by atoms with Crippen LogP contribution in [-0.4, -0.2) is 29.0 Å². The molecular weight excluding hydrogens is 230 g/mol. The van der Waals surface area contributed by atoms with E-state index in [9.17, 15) is 14.4 Å². The Morgan fingerprint density at radius 1 is 1.33 bits per heavy atom. The number of Topliss-reactive ketones (excluding diaryl/α,β-unsaturated/α-hetero) is 1. The van der Waals surface area contributed by atoms with Crippen LogP contribution in [0, 0.1) is 17.3 Å². The highest BCUT2D eigenvalue weighted by molar-refractivity contribution is 6.04. The van der Waals surface area contributed by atoms with Crippen LogP contribution < -0.4 is 0 Å². The third kappa shape index (κ3) is 3.18. The molecule has 1 saturated heterocycles. The molecule has 0 radical (unpaired) electrons. The minimum absolute atomic E-state index is 0.0797. The summed E-state index contributed by atoms with van der Waals surface area (Å²) in [4.78, 5) is 36.8. The lowest BCUT2D eigenvalue weighted by Gasteiger charge is -2.20. The van der Waals surface area contributed by atoms with Crippen molar-refractivity contribution in [3.63, 3.8) is 0 Å². The van der Waals surface area contributed by atoms with Crippen molar-refractivity contribution in [1.29, 1.82) is 0 Å². The molecule has 1 unspecified atom stereocenters. The second kappa shape index (κ2) is 5.21. The highest BCUT2D eigenvalue weighted by Crippen LogP contribution is 2.27. The van der Waals surface area contributed by atoms with Gasteiger partial charge in [0.1, 0.15) is 5.78 Å². The first-order valence-electron chi connectivity index (χ1n) is 6.52. The van der Waals surface area contributed by atoms with Gasteiger partial charge < -0.3 is 0 Å². The molecule has 1 aliphatic rings. The van der Waals surface area contributed by atoms with Crippen LogP contribution in [-0.2, 0) is 14.4 Å². The van der Waals surface area contributed by atoms with Gasteiger partial charge in [-0.25, -0.2) is 0 Å². The lowest BCUT2D eigenvalue weighted by Crippen LogP contribution is -2.35. The van der Waals surface area contributed by atoms with Gasteiger partial charge in [-0.2, -0.15) is 0 Å². The minimum atomic E-state index is -0.413. The molecule has 0 aromatic rings. The van der Waals surface area contributed by atoms with Crippen molar-refractivity contribution in [1.82, 2.24) is 4.90 Å². The van der Waals surface area contributed by atoms with Crippen molar-refractivity contribution < 1.29 is 14.4 Å². The van der Waals surface area contributed by atoms with Crippen molar-refractivity contribution in [3.8, 4) is 0 Å². The molecule has 1 aliphatic heterocycles. The number of imide groups is 1. The van der Waals surface area contributed by atoms with Crippen molar-refractivity contribution in [2.75, 3.05) is 6.54 Å². The molecule has 2 amide bonds. The van der Waals surface area contributed by atoms with Gasteiger partial charge >= 0.3 is 0 Å². The summed E-state index contributed by atoms with van der Waals surface area (Å²) in [5.74, 6) is -0.208. The van der Waals surface area contributed by atoms with E-state index in [1.165, 1.54) is 4.90 Å². The molecule has 4 nitrogen and oxygen atoms in total. The molecule has 1 fully saturated rings. The van der Waals surface area contributed by atoms with E-state index in [-0.39, 0.29) is 42.4 Å². The van der Waals surface area contributed by atoms with Crippen LogP contribution in [0.4, 0.5) is 0 Å². The molecule has 0 saturated carbocycles. The first-order chi connectivity index (χ1) is 8.14. The molecule has 1 atom stereocenters. The van der Waals surface area contributed by atoms with Gasteiger partial charge in [-0.15, -0.1) is 0 Å². The van der Waals surface area contributed by atoms with E-state index in [0.717, 1.165) is 0 Å². The lowest BCUT2D eigenvalue weighted by molar-refractivity contribution is -0.140. The number of hydrogen-bond acceptors (Lipinski definition) is 3. The van der Waals surface area contributed by atoms with Crippen molar-refractivity contribution in [2.45, 2.75) is 47.5 Å². The van der Waals surface area contributed by atoms with E-state index in [2.05, 4.69) is 0 Å². The quantitative estimate of drug-likeness (QED) is 0.720. The number of likely N-dealkylation sites (tertiary alicyclic amines) is 1. The zero-order valence-electron chi connectivity index (χ0n) is 11.9. The fourth-order valence-electron chi connectivity index (χ4n) is 2.05. The maximum absolute atomic E-state index is 12.0. The van der Waals surface area contributed by atoms with E-state index in [0.29, 0.717) is 6.42 Å². The third-order valence-corrected chi connectivity index (χ3v) is 3.48. The van der Waals surface area contributed by atoms with E-state index in [1.807, 2.05) is 34.6 Å². The number of rotatable bonds is 4. The Morgan fingerprint density at radius 3 is 2.28 bits per heavy atom. The maximum Gasteiger partial charge on any atom is 0.233 e. The molecule has 0 bridgehead atoms. The summed E-state index contributed by atoms with van der Waals surface area (Å²) < 4.78 is 0. The molecule has 1 rings (SSSR count). The van der Waals surface area contributed by atoms with Gasteiger partial charge in [-0.05, 0) is 5.92 Å². The zero-order chi connectivity index (χ0) is 14.1. The second-order valence-electron chi connectivity index (χ2n) is 6.36. The van der Waals surface area contributed by atoms with Crippen molar-refractivity contribution in [3.05, 3.63) is 0 Å². The Morgan fingerprint density at radius 2 is 1.89 bits per heavy atom. The van der Waals surface area contributed by atoms with Crippen LogP contribution in [0.2, 0.25) is 0 Å². The van der Waals surface area contributed by atoms with Crippen LogP contribution in [0.3, 0.4) is 0 Å². The summed E-state index contributed by atoms with van der Waals surface area (Å²) >= 11 is 0. The van der Waals surface area contributed by atoms with Gasteiger partial charge in [0, 0.05) is 30.7 Å². The van der Waals surface area contributed by atoms with E-state index in [1.54, 1.807) is 0 Å². The average molecular weight is 253 g/mol. The summed E-state index contributed by atoms with van der Waals surface area (Å²) in [6, 6.07) is 0. The standard InChI is InChI=1S/C14H23NO3/c1-9(2)10-8-12(17)15(13(10)18)7-6-11(16)14(3,4)5/h9-10H,6-8H2,1-5H3. The third-order valence-electron chi connectivity index (χ3n) is 3.48. The average Bonchev–Trinajstić information content (AvgIpc) is 2.50. The molecule has 0 N–H and O–H groups in total. The number of amides is 2. The van der Waals surface area contributed by atoms with Crippen molar-refractivity contribution >= 4 is 17.6 Å². The Kier molecular flexibility index (Phi) is 4.30. The predicted octanol–water partition coefficient (Wildman–Crippen LogP) is 2.02. The molecule has 18 heavy (non-hydrogen) atoms. The topological polar surface area (TPSA) is 54.5 Å². The van der Waals surface area contributed by atoms with Crippen molar-refractivity contribution in [2.24, 2.45) is 17.3 Å². The molecule has 0 aromatic carbocycles. The monoisotopic (exact) mass is 253 g/mol. The number of carbonyl (C=O) groups excluding carboxylic acids is 3. The lowest BCUT2D eigenvalue weighted by atomic mass is 9.89. The van der Waals surface area contributed by atoms with Crippen LogP contribution in [0.5, 0.6) is 0 Å². The zero-order valence-corrected chi connectivity index (χ0v) is 11.9. The van der Waals surface area contributed by atoms with Gasteiger partial charge in [-0.1, -0.05) is 34.6 Å². The number of ketones is 1. The first-order valence-corrected chi connectivity index (χ1v) is 6.52. The molecule has 4 heteroatoms. The molecule has 102 valence electrons. The van der Waals surface area contributed by atoms with Gasteiger partial charge in [0.2, 0.25) is 11.8 Å². The summed E-state index contributed by atoms with van der Waals surface area (Å²) in [6.07, 6.45) is 0.548. The van der Waals surface area contributed by atoms with E-state index >= 15 is 0 Å². The summed E-state index contributed by atoms with van der Waals surface area (Å²) in [5, 5.41) is 0. The van der Waals surface area contributed by atoms with Crippen LogP contribution >= 0.6 is 0 Å². The molecule has 1 heterocycles. The van der Waals surface area contributed by atoms with E-state index < -0.39 is 5.41 Å². The van der Waals surface area contributed by atoms with Crippen LogP contribution in [0.1, 0.15) is 47.5 Å². The normalized spacial score (nSPS) is 21.0. The molecule has 0 aromatic heterocycles. The smallest absolute Gasteiger partial charge is 0.233 e. The molecular formula is C14H23NO3. The van der Waals surface area contributed by atoms with Gasteiger partial charge in [0.15, 0.2) is 0 Å². The van der Waals surface area contributed by atoms with Gasteiger partial charge in [0.05, 0.1) is 0 Å². The molecule has 0 aliphatic carbocycles. The fraction of sp³-hybridized carbons (Fsp3) is 0.786. The molecule has 0 spiro atoms. The highest BCUT2D eigenvalue weighted by Gasteiger charge is 2.40. The number of carbonyl (C=O) groups is 3. The summed E-state index contributed by atoms with van der Waals surface area (Å²) in [7, 11) is 0. The number of hydrogen-bond donors (Lipinski definition) is 0. The first kappa shape index (κ1) is 14.9. The Balaban J connectivity index is 2.61. The van der Waals surface area contributed by atoms with Crippen LogP contribution in [0.15, 0.2) is 0 Å². The largest absolute Gasteiger partial charge is 0.299 e.